The fraction of sp³-hybridized carbons (Fsp3) is 0.692. The predicted molar refractivity (Wildman–Crippen MR) is 140 cm³/mol. The molecule has 0 unspecified atom stereocenters. The Morgan fingerprint density at radius 1 is 1.11 bits per heavy atom. The monoisotopic (exact) mass is 522 g/mol. The molecule has 0 saturated carbocycles. The predicted octanol–water partition coefficient (Wildman–Crippen LogP) is 2.37. The molecule has 1 saturated heterocycles. The summed E-state index contributed by atoms with van der Waals surface area (Å²) in [7, 11) is -3.37. The third-order valence-corrected chi connectivity index (χ3v) is 8.53. The molecule has 0 spiro atoms. The number of ether oxygens (including phenoxy) is 1. The molecule has 1 aromatic rings. The van der Waals surface area contributed by atoms with Crippen molar-refractivity contribution in [2.45, 2.75) is 58.9 Å². The van der Waals surface area contributed by atoms with Crippen LogP contribution in [0.2, 0.25) is 0 Å². The van der Waals surface area contributed by atoms with Crippen molar-refractivity contribution in [3.8, 4) is 5.75 Å². The van der Waals surface area contributed by atoms with Crippen molar-refractivity contribution < 1.29 is 22.7 Å². The number of hydrogen-bond acceptors (Lipinski definition) is 6. The highest BCUT2D eigenvalue weighted by Crippen LogP contribution is 2.26. The minimum Gasteiger partial charge on any atom is -0.493 e. The van der Waals surface area contributed by atoms with Gasteiger partial charge < -0.3 is 15.4 Å². The van der Waals surface area contributed by atoms with Crippen molar-refractivity contribution in [3.05, 3.63) is 29.3 Å². The van der Waals surface area contributed by atoms with E-state index in [2.05, 4.69) is 29.4 Å². The van der Waals surface area contributed by atoms with E-state index in [0.717, 1.165) is 44.1 Å². The number of hydrogen-bond donors (Lipinski definition) is 2. The van der Waals surface area contributed by atoms with Crippen LogP contribution in [0.15, 0.2) is 18.2 Å². The minimum absolute atomic E-state index is 0.0190. The zero-order chi connectivity index (χ0) is 26.0. The molecule has 202 valence electrons. The van der Waals surface area contributed by atoms with Crippen molar-refractivity contribution in [3.63, 3.8) is 0 Å². The summed E-state index contributed by atoms with van der Waals surface area (Å²) < 4.78 is 32.7. The Morgan fingerprint density at radius 2 is 1.89 bits per heavy atom. The molecule has 0 aromatic heterocycles. The van der Waals surface area contributed by atoms with Crippen LogP contribution in [0, 0.1) is 5.92 Å². The average molecular weight is 523 g/mol. The Hall–Kier alpha value is -2.17. The Kier molecular flexibility index (Phi) is 11.0. The molecular weight excluding hydrogens is 480 g/mol. The van der Waals surface area contributed by atoms with E-state index in [1.54, 1.807) is 12.1 Å². The highest BCUT2D eigenvalue weighted by atomic mass is 32.2. The summed E-state index contributed by atoms with van der Waals surface area (Å²) >= 11 is 0. The summed E-state index contributed by atoms with van der Waals surface area (Å²) in [5, 5.41) is 5.80. The van der Waals surface area contributed by atoms with Crippen molar-refractivity contribution in [1.29, 1.82) is 0 Å². The van der Waals surface area contributed by atoms with Gasteiger partial charge in [-0.1, -0.05) is 19.9 Å². The van der Waals surface area contributed by atoms with Gasteiger partial charge in [0.15, 0.2) is 0 Å². The number of fused-ring (bicyclic) bond motifs is 1. The fourth-order valence-electron chi connectivity index (χ4n) is 4.51. The number of carbonyl (C=O) groups is 2. The smallest absolute Gasteiger partial charge is 0.251 e. The van der Waals surface area contributed by atoms with Gasteiger partial charge in [-0.2, -0.15) is 0 Å². The second-order valence-corrected chi connectivity index (χ2v) is 12.2. The maximum absolute atomic E-state index is 13.2. The second kappa shape index (κ2) is 13.9. The van der Waals surface area contributed by atoms with Crippen LogP contribution in [0.25, 0.3) is 0 Å². The van der Waals surface area contributed by atoms with Crippen LogP contribution in [0.4, 0.5) is 0 Å². The lowest BCUT2D eigenvalue weighted by Crippen LogP contribution is -2.39. The number of rotatable bonds is 8. The van der Waals surface area contributed by atoms with Crippen LogP contribution in [-0.2, 0) is 21.4 Å². The minimum atomic E-state index is -3.37. The van der Waals surface area contributed by atoms with E-state index in [1.807, 2.05) is 6.07 Å². The Balaban J connectivity index is 1.78. The average Bonchev–Trinajstić information content (AvgIpc) is 3.38. The topological polar surface area (TPSA) is 108 Å². The molecule has 0 atom stereocenters. The molecule has 2 amide bonds. The van der Waals surface area contributed by atoms with E-state index < -0.39 is 10.0 Å². The largest absolute Gasteiger partial charge is 0.493 e. The number of carbonyl (C=O) groups excluding carboxylic acids is 2. The lowest BCUT2D eigenvalue weighted by atomic mass is 10.0. The summed E-state index contributed by atoms with van der Waals surface area (Å²) in [6.07, 6.45) is 5.39. The zero-order valence-corrected chi connectivity index (χ0v) is 22.6. The van der Waals surface area contributed by atoms with Gasteiger partial charge in [0.2, 0.25) is 15.9 Å². The van der Waals surface area contributed by atoms with Crippen molar-refractivity contribution in [2.75, 3.05) is 51.6 Å². The molecule has 0 radical (unpaired) electrons. The van der Waals surface area contributed by atoms with E-state index >= 15 is 0 Å². The highest BCUT2D eigenvalue weighted by Gasteiger charge is 2.26. The number of benzene rings is 1. The molecule has 10 heteroatoms. The van der Waals surface area contributed by atoms with E-state index in [9.17, 15) is 18.0 Å². The molecule has 1 fully saturated rings. The third kappa shape index (κ3) is 8.74. The van der Waals surface area contributed by atoms with Gasteiger partial charge in [-0.05, 0) is 63.1 Å². The molecule has 2 heterocycles. The van der Waals surface area contributed by atoms with E-state index in [-0.39, 0.29) is 30.7 Å². The van der Waals surface area contributed by atoms with E-state index in [4.69, 9.17) is 4.74 Å². The quantitative estimate of drug-likeness (QED) is 0.543. The first-order valence-electron chi connectivity index (χ1n) is 13.3. The van der Waals surface area contributed by atoms with E-state index in [1.165, 1.54) is 4.31 Å². The summed E-state index contributed by atoms with van der Waals surface area (Å²) in [4.78, 5) is 27.9. The normalized spacial score (nSPS) is 18.9. The van der Waals surface area contributed by atoms with Crippen LogP contribution in [-0.4, -0.2) is 81.1 Å². The van der Waals surface area contributed by atoms with Crippen LogP contribution in [0.5, 0.6) is 5.75 Å². The molecule has 2 aliphatic heterocycles. The maximum Gasteiger partial charge on any atom is 0.251 e. The third-order valence-electron chi connectivity index (χ3n) is 6.65. The summed E-state index contributed by atoms with van der Waals surface area (Å²) in [5.41, 5.74) is 1.18. The second-order valence-electron chi connectivity index (χ2n) is 10.1. The molecule has 0 bridgehead atoms. The highest BCUT2D eigenvalue weighted by molar-refractivity contribution is 7.89. The molecule has 9 nitrogen and oxygen atoms in total. The van der Waals surface area contributed by atoms with Crippen LogP contribution < -0.4 is 15.4 Å². The standard InChI is InChI=1S/C26H42N4O5S/c1-21(2)11-16-29-19-23-22(26(32)28-13-18-36(33,34)30-14-5-6-15-30)9-8-10-24(23)35-17-7-3-4-12-27-25(31)20-29/h8-10,21H,3-7,11-20H2,1-2H3,(H,27,31)(H,28,32). The number of nitrogens with zero attached hydrogens (tertiary/aromatic N) is 2. The Morgan fingerprint density at radius 3 is 2.64 bits per heavy atom. The van der Waals surface area contributed by atoms with Gasteiger partial charge >= 0.3 is 0 Å². The molecule has 2 aliphatic rings. The van der Waals surface area contributed by atoms with Crippen molar-refractivity contribution in [1.82, 2.24) is 19.8 Å². The zero-order valence-electron chi connectivity index (χ0n) is 21.8. The lowest BCUT2D eigenvalue weighted by Gasteiger charge is -2.25. The lowest BCUT2D eigenvalue weighted by molar-refractivity contribution is -0.122. The van der Waals surface area contributed by atoms with Crippen LogP contribution in [0.1, 0.15) is 68.3 Å². The van der Waals surface area contributed by atoms with Crippen molar-refractivity contribution >= 4 is 21.8 Å². The van der Waals surface area contributed by atoms with Gasteiger partial charge in [0.25, 0.3) is 5.91 Å². The number of amides is 2. The van der Waals surface area contributed by atoms with Gasteiger partial charge in [0.1, 0.15) is 5.75 Å². The first kappa shape index (κ1) is 28.4. The first-order chi connectivity index (χ1) is 17.3. The molecule has 2 N–H and O–H groups in total. The van der Waals surface area contributed by atoms with E-state index in [0.29, 0.717) is 56.6 Å². The van der Waals surface area contributed by atoms with Gasteiger partial charge in [0, 0.05) is 43.9 Å². The summed E-state index contributed by atoms with van der Waals surface area (Å²) in [6.45, 7) is 7.99. The number of nitrogens with one attached hydrogen (secondary N) is 2. The molecule has 0 aliphatic carbocycles. The van der Waals surface area contributed by atoms with Gasteiger partial charge in [-0.25, -0.2) is 12.7 Å². The van der Waals surface area contributed by atoms with Gasteiger partial charge in [-0.15, -0.1) is 0 Å². The Labute approximate surface area is 216 Å². The molecule has 36 heavy (non-hydrogen) atoms. The van der Waals surface area contributed by atoms with Gasteiger partial charge in [-0.3, -0.25) is 14.5 Å². The summed E-state index contributed by atoms with van der Waals surface area (Å²) in [5.74, 6) is 0.649. The number of sulfonamides is 1. The van der Waals surface area contributed by atoms with Crippen LogP contribution in [0.3, 0.4) is 0 Å². The van der Waals surface area contributed by atoms with Crippen LogP contribution >= 0.6 is 0 Å². The molecular formula is C26H42N4O5S. The molecule has 3 rings (SSSR count). The Bertz CT molecular complexity index is 977. The first-order valence-corrected chi connectivity index (χ1v) is 14.9. The maximum atomic E-state index is 13.2. The summed E-state index contributed by atoms with van der Waals surface area (Å²) in [6, 6.07) is 5.40. The van der Waals surface area contributed by atoms with Crippen molar-refractivity contribution in [2.24, 2.45) is 5.92 Å². The van der Waals surface area contributed by atoms with Gasteiger partial charge in [0.05, 0.1) is 18.9 Å². The fourth-order valence-corrected chi connectivity index (χ4v) is 5.94. The molecule has 1 aromatic carbocycles. The SMILES string of the molecule is CC(C)CCN1CC(=O)NCCCCCOc2cccc(C(=O)NCCS(=O)(=O)N3CCCC3)c2C1.